The summed E-state index contributed by atoms with van der Waals surface area (Å²) in [4.78, 5) is 18.0. The van der Waals surface area contributed by atoms with Crippen LogP contribution in [0.3, 0.4) is 0 Å². The standard InChI is InChI=1S/2C2H4O2.Hg.I/c2*1-2(3)4;;/h2*1H3,(H,3,4);;. The van der Waals surface area contributed by atoms with Gasteiger partial charge in [-0.3, -0.25) is 9.59 Å². The predicted molar refractivity (Wildman–Crippen MR) is 40.6 cm³/mol. The van der Waals surface area contributed by atoms with Gasteiger partial charge in [-0.05, 0) is 0 Å². The van der Waals surface area contributed by atoms with E-state index in [1.165, 1.54) is 0 Å². The zero-order valence-corrected chi connectivity index (χ0v) is 13.5. The van der Waals surface area contributed by atoms with Crippen LogP contribution in [0.15, 0.2) is 0 Å². The van der Waals surface area contributed by atoms with Crippen LogP contribution < -0.4 is 0 Å². The second-order valence-corrected chi connectivity index (χ2v) is 1.04. The van der Waals surface area contributed by atoms with Gasteiger partial charge in [0, 0.05) is 65.5 Å². The van der Waals surface area contributed by atoms with Gasteiger partial charge in [0.15, 0.2) is 0 Å². The van der Waals surface area contributed by atoms with Crippen molar-refractivity contribution in [2.45, 2.75) is 13.8 Å². The Balaban J connectivity index is -0.0000000300. The Hall–Kier alpha value is 0.605. The summed E-state index contributed by atoms with van der Waals surface area (Å²) in [5.74, 6) is -1.67. The van der Waals surface area contributed by atoms with Crippen LogP contribution in [-0.2, 0) is 37.3 Å². The maximum absolute atomic E-state index is 9.00. The second kappa shape index (κ2) is 16.3. The number of hydrogen-bond donors (Lipinski definition) is 2. The summed E-state index contributed by atoms with van der Waals surface area (Å²) in [6.45, 7) is 2.17. The maximum atomic E-state index is 9.00. The van der Waals surface area contributed by atoms with Crippen molar-refractivity contribution in [1.29, 1.82) is 0 Å². The molecule has 1 radical (unpaired) electrons. The quantitative estimate of drug-likeness (QED) is 0.430. The van der Waals surface area contributed by atoms with Crippen molar-refractivity contribution in [2.24, 2.45) is 0 Å². The summed E-state index contributed by atoms with van der Waals surface area (Å²) < 4.78 is 0. The molecule has 6 heteroatoms. The molecule has 0 atom stereocenters. The van der Waals surface area contributed by atoms with Gasteiger partial charge in [-0.1, -0.05) is 0 Å². The molecule has 4 nitrogen and oxygen atoms in total. The monoisotopic (exact) mass is 449 g/mol. The Labute approximate surface area is 96.5 Å². The first-order chi connectivity index (χ1) is 3.46. The van der Waals surface area contributed by atoms with Crippen molar-refractivity contribution in [3.8, 4) is 0 Å². The smallest absolute Gasteiger partial charge is 0.300 e. The van der Waals surface area contributed by atoms with E-state index in [0.29, 0.717) is 0 Å². The minimum absolute atomic E-state index is 0. The third-order valence-electron chi connectivity index (χ3n) is 0. The molecule has 0 aliphatic rings. The van der Waals surface area contributed by atoms with Gasteiger partial charge >= 0.3 is 0 Å². The number of carboxylic acid groups (broad SMARTS) is 2. The average Bonchev–Trinajstić information content (AvgIpc) is 1.25. The summed E-state index contributed by atoms with van der Waals surface area (Å²) in [6.07, 6.45) is 0. The Morgan fingerprint density at radius 3 is 1.00 bits per heavy atom. The van der Waals surface area contributed by atoms with Crippen molar-refractivity contribution < 1.29 is 47.5 Å². The van der Waals surface area contributed by atoms with Crippen LogP contribution in [0.2, 0.25) is 0 Å². The van der Waals surface area contributed by atoms with Crippen LogP contribution in [0.4, 0.5) is 0 Å². The first kappa shape index (κ1) is 22.4. The van der Waals surface area contributed by atoms with Crippen LogP contribution in [0.25, 0.3) is 0 Å². The first-order valence-electron chi connectivity index (χ1n) is 1.86. The number of carboxylic acids is 2. The molecule has 0 aromatic heterocycles. The van der Waals surface area contributed by atoms with Gasteiger partial charge in [0.05, 0.1) is 0 Å². The fourth-order valence-electron chi connectivity index (χ4n) is 0. The van der Waals surface area contributed by atoms with Gasteiger partial charge in [-0.2, -0.15) is 0 Å². The molecule has 0 aromatic rings. The molecule has 0 aromatic carbocycles. The van der Waals surface area contributed by atoms with E-state index >= 15 is 0 Å². The number of halogens is 1. The Bertz CT molecular complexity index is 75.3. The van der Waals surface area contributed by atoms with E-state index in [4.69, 9.17) is 19.8 Å². The molecular formula is C4H8HgIO4. The molecule has 0 fully saturated rings. The number of hydrogen-bond acceptors (Lipinski definition) is 2. The van der Waals surface area contributed by atoms with Gasteiger partial charge in [0.2, 0.25) is 0 Å². The van der Waals surface area contributed by atoms with Gasteiger partial charge in [0.1, 0.15) is 0 Å². The summed E-state index contributed by atoms with van der Waals surface area (Å²) in [5, 5.41) is 14.8. The summed E-state index contributed by atoms with van der Waals surface area (Å²) in [7, 11) is 0. The molecule has 2 N–H and O–H groups in total. The topological polar surface area (TPSA) is 74.6 Å². The number of rotatable bonds is 0. The van der Waals surface area contributed by atoms with E-state index in [9.17, 15) is 0 Å². The minimum atomic E-state index is -0.833. The molecule has 0 aliphatic carbocycles. The molecule has 0 amide bonds. The van der Waals surface area contributed by atoms with E-state index in [-0.39, 0.29) is 51.6 Å². The Morgan fingerprint density at radius 1 is 1.00 bits per heavy atom. The van der Waals surface area contributed by atoms with Crippen molar-refractivity contribution in [2.75, 3.05) is 0 Å². The van der Waals surface area contributed by atoms with E-state index in [1.807, 2.05) is 0 Å². The molecule has 0 saturated heterocycles. The van der Waals surface area contributed by atoms with Crippen molar-refractivity contribution in [1.82, 2.24) is 0 Å². The van der Waals surface area contributed by atoms with E-state index in [1.54, 1.807) is 0 Å². The molecular weight excluding hydrogens is 440 g/mol. The Kier molecular flexibility index (Phi) is 36.6. The van der Waals surface area contributed by atoms with E-state index < -0.39 is 11.9 Å². The van der Waals surface area contributed by atoms with Gasteiger partial charge in [0.25, 0.3) is 11.9 Å². The molecule has 0 spiro atoms. The van der Waals surface area contributed by atoms with Gasteiger partial charge in [-0.15, -0.1) is 0 Å². The van der Waals surface area contributed by atoms with Crippen LogP contribution in [0.1, 0.15) is 13.8 Å². The zero-order valence-electron chi connectivity index (χ0n) is 5.80. The molecule has 0 heterocycles. The van der Waals surface area contributed by atoms with Crippen LogP contribution in [-0.4, -0.2) is 22.2 Å². The third-order valence-corrected chi connectivity index (χ3v) is 0. The van der Waals surface area contributed by atoms with Gasteiger partial charge < -0.3 is 10.2 Å². The van der Waals surface area contributed by atoms with Crippen LogP contribution in [0, 0.1) is 0 Å². The first-order valence-corrected chi connectivity index (χ1v) is 1.86. The molecule has 10 heavy (non-hydrogen) atoms. The van der Waals surface area contributed by atoms with Gasteiger partial charge in [-0.25, -0.2) is 0 Å². The summed E-state index contributed by atoms with van der Waals surface area (Å²) >= 11 is 0. The largest absolute Gasteiger partial charge is 0.481 e. The summed E-state index contributed by atoms with van der Waals surface area (Å²) in [6, 6.07) is 0. The van der Waals surface area contributed by atoms with Crippen molar-refractivity contribution in [3.05, 3.63) is 0 Å². The fourth-order valence-corrected chi connectivity index (χ4v) is 0. The van der Waals surface area contributed by atoms with Crippen LogP contribution >= 0.6 is 24.0 Å². The van der Waals surface area contributed by atoms with Crippen molar-refractivity contribution >= 4 is 35.9 Å². The van der Waals surface area contributed by atoms with E-state index in [2.05, 4.69) is 0 Å². The second-order valence-electron chi connectivity index (χ2n) is 1.04. The molecule has 57 valence electrons. The average molecular weight is 448 g/mol. The number of carbonyl (C=O) groups is 2. The molecule has 0 saturated carbocycles. The molecule has 0 bridgehead atoms. The van der Waals surface area contributed by atoms with Crippen molar-refractivity contribution in [3.63, 3.8) is 0 Å². The molecule has 0 unspecified atom stereocenters. The third kappa shape index (κ3) is 1360. The fraction of sp³-hybridized carbons (Fsp3) is 0.500. The SMILES string of the molecule is CC(=O)O.CC(=O)O.[Hg].[I]. The molecule has 0 aliphatic heterocycles. The minimum Gasteiger partial charge on any atom is -0.481 e. The normalized spacial score (nSPS) is 5.00. The predicted octanol–water partition coefficient (Wildman–Crippen LogP) is 1.06. The molecule has 0 rings (SSSR count). The van der Waals surface area contributed by atoms with E-state index in [0.717, 1.165) is 13.8 Å². The van der Waals surface area contributed by atoms with Crippen LogP contribution in [0.5, 0.6) is 0 Å². The summed E-state index contributed by atoms with van der Waals surface area (Å²) in [5.41, 5.74) is 0. The number of aliphatic carboxylic acids is 2. The zero-order chi connectivity index (χ0) is 7.15. The Morgan fingerprint density at radius 2 is 1.00 bits per heavy atom. The maximum Gasteiger partial charge on any atom is 0.300 e.